The first-order valence-electron chi connectivity index (χ1n) is 10.7. The first kappa shape index (κ1) is 22.5. The molecule has 7 nitrogen and oxygen atoms in total. The molecule has 0 radical (unpaired) electrons. The van der Waals surface area contributed by atoms with Crippen LogP contribution < -0.4 is 20.3 Å². The monoisotopic (exact) mass is 455 g/mol. The van der Waals surface area contributed by atoms with Gasteiger partial charge >= 0.3 is 0 Å². The molecule has 1 atom stereocenters. The number of benzene rings is 1. The maximum Gasteiger partial charge on any atom is 0.257 e. The maximum absolute atomic E-state index is 13.3. The molecular weight excluding hydrogens is 426 g/mol. The van der Waals surface area contributed by atoms with E-state index in [1.807, 2.05) is 26.0 Å². The van der Waals surface area contributed by atoms with Crippen molar-refractivity contribution in [2.45, 2.75) is 56.9 Å². The number of aromatic nitrogens is 2. The number of fused-ring (bicyclic) bond motifs is 1. The van der Waals surface area contributed by atoms with Crippen LogP contribution in [0.1, 0.15) is 57.6 Å². The number of Topliss-reactive ketones (excluding diaryl/α,β-unsaturated/α-hetero) is 1. The molecule has 2 N–H and O–H groups in total. The second kappa shape index (κ2) is 8.31. The molecule has 2 aromatic rings. The minimum absolute atomic E-state index is 0.0502. The number of rotatable bonds is 5. The number of H-pyrrole nitrogens is 1. The molecule has 0 amide bonds. The van der Waals surface area contributed by atoms with Crippen molar-refractivity contribution in [1.82, 2.24) is 9.97 Å². The molecule has 4 rings (SSSR count). The van der Waals surface area contributed by atoms with Crippen LogP contribution in [-0.4, -0.2) is 35.2 Å². The van der Waals surface area contributed by atoms with Crippen LogP contribution in [0.2, 0.25) is 0 Å². The highest BCUT2D eigenvalue weighted by Crippen LogP contribution is 2.48. The minimum Gasteiger partial charge on any atom is -0.493 e. The molecule has 0 saturated carbocycles. The van der Waals surface area contributed by atoms with Crippen molar-refractivity contribution in [3.8, 4) is 11.5 Å². The Kier molecular flexibility index (Phi) is 5.83. The van der Waals surface area contributed by atoms with E-state index in [2.05, 4.69) is 24.1 Å². The third-order valence-electron chi connectivity index (χ3n) is 5.79. The predicted molar refractivity (Wildman–Crippen MR) is 126 cm³/mol. The van der Waals surface area contributed by atoms with Gasteiger partial charge in [0.05, 0.1) is 19.8 Å². The summed E-state index contributed by atoms with van der Waals surface area (Å²) in [5.74, 6) is 1.17. The first-order valence-corrected chi connectivity index (χ1v) is 11.6. The highest BCUT2D eigenvalue weighted by molar-refractivity contribution is 7.99. The topological polar surface area (TPSA) is 93.3 Å². The first-order chi connectivity index (χ1) is 15.1. The molecule has 2 heterocycles. The van der Waals surface area contributed by atoms with Gasteiger partial charge in [-0.1, -0.05) is 45.5 Å². The molecule has 0 fully saturated rings. The van der Waals surface area contributed by atoms with Crippen molar-refractivity contribution in [1.29, 1.82) is 0 Å². The van der Waals surface area contributed by atoms with Crippen LogP contribution in [0.5, 0.6) is 11.5 Å². The van der Waals surface area contributed by atoms with Gasteiger partial charge in [-0.3, -0.25) is 9.59 Å². The number of anilines is 1. The van der Waals surface area contributed by atoms with E-state index in [-0.39, 0.29) is 22.0 Å². The summed E-state index contributed by atoms with van der Waals surface area (Å²) in [5.41, 5.74) is 2.33. The Morgan fingerprint density at radius 3 is 2.50 bits per heavy atom. The number of nitrogens with zero attached hydrogens (tertiary/aromatic N) is 1. The van der Waals surface area contributed by atoms with Gasteiger partial charge in [-0.15, -0.1) is 0 Å². The van der Waals surface area contributed by atoms with Crippen LogP contribution in [0.25, 0.3) is 0 Å². The Hall–Kier alpha value is -2.74. The van der Waals surface area contributed by atoms with E-state index in [0.29, 0.717) is 46.5 Å². The number of carbonyl (C=O) groups is 1. The molecule has 1 aliphatic heterocycles. The average Bonchev–Trinajstić information content (AvgIpc) is 2.70. The van der Waals surface area contributed by atoms with Crippen LogP contribution in [0.3, 0.4) is 0 Å². The van der Waals surface area contributed by atoms with E-state index in [1.165, 1.54) is 11.8 Å². The minimum atomic E-state index is -0.529. The van der Waals surface area contributed by atoms with Crippen LogP contribution in [0, 0.1) is 5.41 Å². The maximum atomic E-state index is 13.3. The normalized spacial score (nSPS) is 19.3. The lowest BCUT2D eigenvalue weighted by molar-refractivity contribution is -0.118. The Bertz CT molecular complexity index is 1170. The van der Waals surface area contributed by atoms with E-state index >= 15 is 0 Å². The Labute approximate surface area is 192 Å². The summed E-state index contributed by atoms with van der Waals surface area (Å²) in [6.07, 6.45) is 1.14. The van der Waals surface area contributed by atoms with Crippen LogP contribution in [0.4, 0.5) is 5.82 Å². The summed E-state index contributed by atoms with van der Waals surface area (Å²) >= 11 is 1.50. The van der Waals surface area contributed by atoms with Gasteiger partial charge in [0, 0.05) is 28.9 Å². The smallest absolute Gasteiger partial charge is 0.257 e. The number of nitrogens with one attached hydrogen (secondary N) is 2. The lowest BCUT2D eigenvalue weighted by Crippen LogP contribution is -2.37. The number of ketones is 1. The third-order valence-corrected chi connectivity index (χ3v) is 6.68. The molecular formula is C24H29N3O4S. The summed E-state index contributed by atoms with van der Waals surface area (Å²) < 4.78 is 10.9. The van der Waals surface area contributed by atoms with Crippen molar-refractivity contribution < 1.29 is 14.3 Å². The largest absolute Gasteiger partial charge is 0.493 e. The number of hydrogen-bond donors (Lipinski definition) is 2. The summed E-state index contributed by atoms with van der Waals surface area (Å²) in [4.78, 5) is 34.3. The Morgan fingerprint density at radius 1 is 1.12 bits per heavy atom. The van der Waals surface area contributed by atoms with Gasteiger partial charge in [0.25, 0.3) is 5.56 Å². The fraction of sp³-hybridized carbons (Fsp3) is 0.458. The molecule has 2 aliphatic rings. The van der Waals surface area contributed by atoms with Gasteiger partial charge in [0.2, 0.25) is 0 Å². The van der Waals surface area contributed by atoms with Crippen molar-refractivity contribution in [3.05, 3.63) is 50.9 Å². The standard InChI is InChI=1S/C24H29N3O4S/c1-12(2)32-23-26-21-20(22(29)27-23)18(13-7-8-16(30-5)17(9-13)31-6)19-14(25-21)10-24(3,4)11-15(19)28/h7-9,12,18H,10-11H2,1-6H3,(H2,25,26,27,29)/t18-/m1/s1. The summed E-state index contributed by atoms with van der Waals surface area (Å²) in [5, 5.41) is 4.18. The molecule has 0 spiro atoms. The molecule has 8 heteroatoms. The third kappa shape index (κ3) is 4.03. The van der Waals surface area contributed by atoms with Crippen molar-refractivity contribution in [3.63, 3.8) is 0 Å². The lowest BCUT2D eigenvalue weighted by atomic mass is 9.69. The summed E-state index contributed by atoms with van der Waals surface area (Å²) in [6.45, 7) is 8.27. The Morgan fingerprint density at radius 2 is 1.84 bits per heavy atom. The quantitative estimate of drug-likeness (QED) is 0.507. The molecule has 170 valence electrons. The molecule has 32 heavy (non-hydrogen) atoms. The van der Waals surface area contributed by atoms with E-state index in [4.69, 9.17) is 14.5 Å². The zero-order valence-corrected chi connectivity index (χ0v) is 20.1. The number of methoxy groups -OCH3 is 2. The fourth-order valence-corrected chi connectivity index (χ4v) is 5.28. The van der Waals surface area contributed by atoms with Crippen LogP contribution in [-0.2, 0) is 4.79 Å². The SMILES string of the molecule is COc1ccc([C@@H]2C3=C(CC(C)(C)CC3=O)Nc3nc(SC(C)C)[nH]c(=O)c32)cc1OC. The van der Waals surface area contributed by atoms with Gasteiger partial charge < -0.3 is 19.8 Å². The predicted octanol–water partition coefficient (Wildman–Crippen LogP) is 4.49. The Balaban J connectivity index is 1.95. The van der Waals surface area contributed by atoms with Gasteiger partial charge in [-0.2, -0.15) is 0 Å². The number of thioether (sulfide) groups is 1. The van der Waals surface area contributed by atoms with E-state index in [1.54, 1.807) is 20.3 Å². The lowest BCUT2D eigenvalue weighted by Gasteiger charge is -2.38. The van der Waals surface area contributed by atoms with Crippen LogP contribution >= 0.6 is 11.8 Å². The van der Waals surface area contributed by atoms with Crippen molar-refractivity contribution in [2.24, 2.45) is 5.41 Å². The average molecular weight is 456 g/mol. The molecule has 0 unspecified atom stereocenters. The number of allylic oxidation sites excluding steroid dienone is 2. The van der Waals surface area contributed by atoms with Gasteiger partial charge in [0.15, 0.2) is 22.4 Å². The summed E-state index contributed by atoms with van der Waals surface area (Å²) in [7, 11) is 3.15. The molecule has 0 bridgehead atoms. The highest BCUT2D eigenvalue weighted by atomic mass is 32.2. The van der Waals surface area contributed by atoms with E-state index in [9.17, 15) is 9.59 Å². The number of hydrogen-bond acceptors (Lipinski definition) is 7. The molecule has 0 saturated heterocycles. The fourth-order valence-electron chi connectivity index (χ4n) is 4.54. The van der Waals surface area contributed by atoms with Crippen molar-refractivity contribution in [2.75, 3.05) is 19.5 Å². The van der Waals surface area contributed by atoms with Gasteiger partial charge in [0.1, 0.15) is 5.82 Å². The van der Waals surface area contributed by atoms with E-state index < -0.39 is 5.92 Å². The van der Waals surface area contributed by atoms with Crippen molar-refractivity contribution >= 4 is 23.4 Å². The zero-order valence-electron chi connectivity index (χ0n) is 19.3. The number of ether oxygens (including phenoxy) is 2. The van der Waals surface area contributed by atoms with Gasteiger partial charge in [-0.05, 0) is 29.5 Å². The second-order valence-electron chi connectivity index (χ2n) is 9.31. The number of aromatic amines is 1. The van der Waals surface area contributed by atoms with Crippen LogP contribution in [0.15, 0.2) is 39.4 Å². The van der Waals surface area contributed by atoms with Gasteiger partial charge in [-0.25, -0.2) is 4.98 Å². The summed E-state index contributed by atoms with van der Waals surface area (Å²) in [6, 6.07) is 5.53. The second-order valence-corrected chi connectivity index (χ2v) is 10.9. The molecule has 1 aliphatic carbocycles. The molecule has 1 aromatic carbocycles. The van der Waals surface area contributed by atoms with E-state index in [0.717, 1.165) is 11.3 Å². The zero-order chi connectivity index (χ0) is 23.2. The number of carbonyl (C=O) groups excluding carboxylic acids is 1. The highest BCUT2D eigenvalue weighted by Gasteiger charge is 2.42. The molecule has 1 aromatic heterocycles.